The van der Waals surface area contributed by atoms with E-state index in [2.05, 4.69) is 25.1 Å². The SMILES string of the molecule is Cc1nnc(C2CCNCC2)n1Cc1ccncc1. The van der Waals surface area contributed by atoms with Crippen molar-refractivity contribution in [3.8, 4) is 0 Å². The van der Waals surface area contributed by atoms with Crippen LogP contribution in [0.15, 0.2) is 24.5 Å². The molecule has 5 nitrogen and oxygen atoms in total. The highest BCUT2D eigenvalue weighted by atomic mass is 15.3. The van der Waals surface area contributed by atoms with E-state index in [0.29, 0.717) is 5.92 Å². The molecule has 0 amide bonds. The Morgan fingerprint density at radius 3 is 2.68 bits per heavy atom. The molecular weight excluding hydrogens is 238 g/mol. The lowest BCUT2D eigenvalue weighted by Crippen LogP contribution is -2.28. The highest BCUT2D eigenvalue weighted by Crippen LogP contribution is 2.24. The first-order valence-corrected chi connectivity index (χ1v) is 6.84. The number of hydrogen-bond donors (Lipinski definition) is 1. The minimum absolute atomic E-state index is 0.532. The average molecular weight is 257 g/mol. The number of aryl methyl sites for hydroxylation is 1. The number of aromatic nitrogens is 4. The van der Waals surface area contributed by atoms with Gasteiger partial charge in [0.05, 0.1) is 6.54 Å². The highest BCUT2D eigenvalue weighted by Gasteiger charge is 2.21. The number of nitrogens with zero attached hydrogens (tertiary/aromatic N) is 4. The van der Waals surface area contributed by atoms with E-state index in [9.17, 15) is 0 Å². The third kappa shape index (κ3) is 2.66. The van der Waals surface area contributed by atoms with Gasteiger partial charge in [-0.2, -0.15) is 0 Å². The molecule has 1 aliphatic rings. The summed E-state index contributed by atoms with van der Waals surface area (Å²) in [4.78, 5) is 4.06. The van der Waals surface area contributed by atoms with Crippen LogP contribution in [0.1, 0.15) is 36.0 Å². The van der Waals surface area contributed by atoms with Gasteiger partial charge in [0.15, 0.2) is 0 Å². The fourth-order valence-corrected chi connectivity index (χ4v) is 2.65. The molecule has 1 saturated heterocycles. The Labute approximate surface area is 113 Å². The van der Waals surface area contributed by atoms with Crippen LogP contribution in [0.3, 0.4) is 0 Å². The van der Waals surface area contributed by atoms with Crippen molar-refractivity contribution in [3.63, 3.8) is 0 Å². The molecule has 3 heterocycles. The van der Waals surface area contributed by atoms with Crippen molar-refractivity contribution >= 4 is 0 Å². The molecule has 0 radical (unpaired) electrons. The zero-order valence-corrected chi connectivity index (χ0v) is 11.2. The highest BCUT2D eigenvalue weighted by molar-refractivity contribution is 5.13. The average Bonchev–Trinajstić information content (AvgIpc) is 2.82. The van der Waals surface area contributed by atoms with Crippen LogP contribution in [-0.2, 0) is 6.54 Å². The number of hydrogen-bond acceptors (Lipinski definition) is 4. The van der Waals surface area contributed by atoms with E-state index >= 15 is 0 Å². The molecular formula is C14H19N5. The molecule has 1 N–H and O–H groups in total. The molecule has 0 unspecified atom stereocenters. The van der Waals surface area contributed by atoms with Gasteiger partial charge in [-0.3, -0.25) is 4.98 Å². The summed E-state index contributed by atoms with van der Waals surface area (Å²) < 4.78 is 2.24. The van der Waals surface area contributed by atoms with E-state index < -0.39 is 0 Å². The second kappa shape index (κ2) is 5.48. The Morgan fingerprint density at radius 2 is 1.95 bits per heavy atom. The standard InChI is InChI=1S/C14H19N5/c1-11-17-18-14(13-4-8-16-9-5-13)19(11)10-12-2-6-15-7-3-12/h2-3,6-7,13,16H,4-5,8-10H2,1H3. The van der Waals surface area contributed by atoms with E-state index in [1.165, 1.54) is 5.56 Å². The lowest BCUT2D eigenvalue weighted by atomic mass is 9.97. The molecule has 1 aliphatic heterocycles. The van der Waals surface area contributed by atoms with Crippen LogP contribution in [0, 0.1) is 6.92 Å². The van der Waals surface area contributed by atoms with E-state index in [-0.39, 0.29) is 0 Å². The molecule has 0 aromatic carbocycles. The van der Waals surface area contributed by atoms with Crippen LogP contribution >= 0.6 is 0 Å². The molecule has 0 spiro atoms. The third-order valence-electron chi connectivity index (χ3n) is 3.76. The summed E-state index contributed by atoms with van der Waals surface area (Å²) in [6.45, 7) is 5.01. The van der Waals surface area contributed by atoms with E-state index in [1.807, 2.05) is 31.5 Å². The molecule has 5 heteroatoms. The normalized spacial score (nSPS) is 16.7. The molecule has 2 aromatic heterocycles. The fraction of sp³-hybridized carbons (Fsp3) is 0.500. The smallest absolute Gasteiger partial charge is 0.136 e. The largest absolute Gasteiger partial charge is 0.317 e. The summed E-state index contributed by atoms with van der Waals surface area (Å²) in [5.41, 5.74) is 1.24. The maximum atomic E-state index is 4.41. The maximum absolute atomic E-state index is 4.41. The maximum Gasteiger partial charge on any atom is 0.136 e. The minimum Gasteiger partial charge on any atom is -0.317 e. The van der Waals surface area contributed by atoms with E-state index in [4.69, 9.17) is 0 Å². The number of piperidine rings is 1. The van der Waals surface area contributed by atoms with Crippen LogP contribution in [0.2, 0.25) is 0 Å². The lowest BCUT2D eigenvalue weighted by Gasteiger charge is -2.22. The molecule has 3 rings (SSSR count). The van der Waals surface area contributed by atoms with E-state index in [1.54, 1.807) is 0 Å². The Morgan fingerprint density at radius 1 is 1.21 bits per heavy atom. The van der Waals surface area contributed by atoms with Gasteiger partial charge < -0.3 is 9.88 Å². The molecule has 100 valence electrons. The molecule has 0 aliphatic carbocycles. The summed E-state index contributed by atoms with van der Waals surface area (Å²) in [5, 5.41) is 12.1. The molecule has 2 aromatic rings. The zero-order chi connectivity index (χ0) is 13.1. The number of pyridine rings is 1. The summed E-state index contributed by atoms with van der Waals surface area (Å²) in [7, 11) is 0. The monoisotopic (exact) mass is 257 g/mol. The Hall–Kier alpha value is -1.75. The quantitative estimate of drug-likeness (QED) is 0.905. The number of rotatable bonds is 3. The van der Waals surface area contributed by atoms with Gasteiger partial charge in [0.25, 0.3) is 0 Å². The molecule has 0 bridgehead atoms. The van der Waals surface area contributed by atoms with Gasteiger partial charge in [0, 0.05) is 18.3 Å². The van der Waals surface area contributed by atoms with Crippen LogP contribution in [0.5, 0.6) is 0 Å². The second-order valence-corrected chi connectivity index (χ2v) is 5.07. The van der Waals surface area contributed by atoms with Gasteiger partial charge in [-0.25, -0.2) is 0 Å². The molecule has 0 atom stereocenters. The summed E-state index contributed by atoms with van der Waals surface area (Å²) in [6.07, 6.45) is 5.96. The van der Waals surface area contributed by atoms with Gasteiger partial charge in [0.1, 0.15) is 11.6 Å². The van der Waals surface area contributed by atoms with Crippen LogP contribution in [0.25, 0.3) is 0 Å². The first-order valence-electron chi connectivity index (χ1n) is 6.84. The van der Waals surface area contributed by atoms with Gasteiger partial charge in [-0.15, -0.1) is 10.2 Å². The Kier molecular flexibility index (Phi) is 3.55. The topological polar surface area (TPSA) is 55.6 Å². The minimum atomic E-state index is 0.532. The molecule has 1 fully saturated rings. The molecule has 0 saturated carbocycles. The predicted molar refractivity (Wildman–Crippen MR) is 72.9 cm³/mol. The Bertz CT molecular complexity index is 528. The zero-order valence-electron chi connectivity index (χ0n) is 11.2. The van der Waals surface area contributed by atoms with Gasteiger partial charge in [-0.05, 0) is 50.6 Å². The molecule has 19 heavy (non-hydrogen) atoms. The van der Waals surface area contributed by atoms with Gasteiger partial charge >= 0.3 is 0 Å². The van der Waals surface area contributed by atoms with Crippen molar-refractivity contribution in [2.75, 3.05) is 13.1 Å². The predicted octanol–water partition coefficient (Wildman–Crippen LogP) is 1.50. The van der Waals surface area contributed by atoms with Crippen molar-refractivity contribution in [2.45, 2.75) is 32.2 Å². The first kappa shape index (κ1) is 12.3. The van der Waals surface area contributed by atoms with Crippen molar-refractivity contribution in [1.82, 2.24) is 25.1 Å². The first-order chi connectivity index (χ1) is 9.34. The summed E-state index contributed by atoms with van der Waals surface area (Å²) in [6, 6.07) is 4.09. The third-order valence-corrected chi connectivity index (χ3v) is 3.76. The second-order valence-electron chi connectivity index (χ2n) is 5.07. The van der Waals surface area contributed by atoms with Crippen LogP contribution in [0.4, 0.5) is 0 Å². The summed E-state index contributed by atoms with van der Waals surface area (Å²) >= 11 is 0. The number of nitrogens with one attached hydrogen (secondary N) is 1. The Balaban J connectivity index is 1.86. The van der Waals surface area contributed by atoms with Gasteiger partial charge in [-0.1, -0.05) is 0 Å². The lowest BCUT2D eigenvalue weighted by molar-refractivity contribution is 0.432. The van der Waals surface area contributed by atoms with Crippen molar-refractivity contribution < 1.29 is 0 Å². The summed E-state index contributed by atoms with van der Waals surface area (Å²) in [5.74, 6) is 2.66. The van der Waals surface area contributed by atoms with Gasteiger partial charge in [0.2, 0.25) is 0 Å². The van der Waals surface area contributed by atoms with Crippen molar-refractivity contribution in [2.24, 2.45) is 0 Å². The van der Waals surface area contributed by atoms with Crippen LogP contribution in [-0.4, -0.2) is 32.8 Å². The fourth-order valence-electron chi connectivity index (χ4n) is 2.65. The van der Waals surface area contributed by atoms with Crippen molar-refractivity contribution in [3.05, 3.63) is 41.7 Å². The van der Waals surface area contributed by atoms with Crippen molar-refractivity contribution in [1.29, 1.82) is 0 Å². The van der Waals surface area contributed by atoms with E-state index in [0.717, 1.165) is 44.1 Å². The van der Waals surface area contributed by atoms with Crippen LogP contribution < -0.4 is 5.32 Å².